The van der Waals surface area contributed by atoms with Crippen LogP contribution in [0, 0.1) is 0 Å². The molecule has 1 aromatic heterocycles. The molecule has 7 heteroatoms. The monoisotopic (exact) mass is 344 g/mol. The molecule has 1 N–H and O–H groups in total. The van der Waals surface area contributed by atoms with Gasteiger partial charge in [-0.3, -0.25) is 14.5 Å². The first-order valence-corrected chi connectivity index (χ1v) is 8.67. The second-order valence-corrected chi connectivity index (χ2v) is 6.48. The Kier molecular flexibility index (Phi) is 5.15. The van der Waals surface area contributed by atoms with Gasteiger partial charge < -0.3 is 10.0 Å². The van der Waals surface area contributed by atoms with E-state index in [4.69, 9.17) is 0 Å². The molecule has 25 heavy (non-hydrogen) atoms. The number of fused-ring (bicyclic) bond motifs is 1. The molecular weight excluding hydrogens is 320 g/mol. The zero-order valence-electron chi connectivity index (χ0n) is 14.7. The van der Waals surface area contributed by atoms with Crippen LogP contribution in [-0.2, 0) is 7.05 Å². The Hall–Kier alpha value is -2.25. The maximum absolute atomic E-state index is 12.9. The summed E-state index contributed by atoms with van der Waals surface area (Å²) in [4.78, 5) is 29.1. The van der Waals surface area contributed by atoms with Gasteiger partial charge in [-0.25, -0.2) is 4.68 Å². The number of aryl methyl sites for hydroxylation is 1. The number of carbonyl (C=O) groups is 1. The Bertz CT molecular complexity index is 825. The van der Waals surface area contributed by atoms with Crippen LogP contribution in [0.25, 0.3) is 10.8 Å². The van der Waals surface area contributed by atoms with Gasteiger partial charge in [-0.1, -0.05) is 25.1 Å². The van der Waals surface area contributed by atoms with Gasteiger partial charge in [0.25, 0.3) is 11.5 Å². The quantitative estimate of drug-likeness (QED) is 0.872. The number of amides is 1. The lowest BCUT2D eigenvalue weighted by Crippen LogP contribution is -2.50. The lowest BCUT2D eigenvalue weighted by Gasteiger charge is -2.35. The molecule has 1 aliphatic rings. The Morgan fingerprint density at radius 1 is 1.20 bits per heavy atom. The topological polar surface area (TPSA) is 78.7 Å². The van der Waals surface area contributed by atoms with Gasteiger partial charge in [0.1, 0.15) is 0 Å². The summed E-state index contributed by atoms with van der Waals surface area (Å²) >= 11 is 0. The Balaban J connectivity index is 1.80. The van der Waals surface area contributed by atoms with E-state index >= 15 is 0 Å². The summed E-state index contributed by atoms with van der Waals surface area (Å²) in [5, 5.41) is 15.1. The van der Waals surface area contributed by atoms with Gasteiger partial charge >= 0.3 is 0 Å². The predicted octanol–water partition coefficient (Wildman–Crippen LogP) is 0.462. The number of hydrogen-bond donors (Lipinski definition) is 1. The van der Waals surface area contributed by atoms with E-state index in [2.05, 4.69) is 10.00 Å². The van der Waals surface area contributed by atoms with Crippen LogP contribution in [0.1, 0.15) is 23.8 Å². The SMILES string of the molecule is CC[C@@H](O)CN1CCN(C(=O)c2nn(C)c(=O)c3ccccc23)CC1. The second-order valence-electron chi connectivity index (χ2n) is 6.48. The van der Waals surface area contributed by atoms with Crippen LogP contribution < -0.4 is 5.56 Å². The summed E-state index contributed by atoms with van der Waals surface area (Å²) in [7, 11) is 1.57. The molecule has 2 aromatic rings. The van der Waals surface area contributed by atoms with Crippen LogP contribution in [0.3, 0.4) is 0 Å². The zero-order valence-corrected chi connectivity index (χ0v) is 14.7. The summed E-state index contributed by atoms with van der Waals surface area (Å²) < 4.78 is 1.23. The van der Waals surface area contributed by atoms with Gasteiger partial charge in [0, 0.05) is 45.2 Å². The van der Waals surface area contributed by atoms with E-state index in [9.17, 15) is 14.7 Å². The number of hydrogen-bond acceptors (Lipinski definition) is 5. The fraction of sp³-hybridized carbons (Fsp3) is 0.500. The first kappa shape index (κ1) is 17.6. The largest absolute Gasteiger partial charge is 0.392 e. The standard InChI is InChI=1S/C18H24N4O3/c1-3-13(23)12-21-8-10-22(11-9-21)18(25)16-14-6-4-5-7-15(14)17(24)20(2)19-16/h4-7,13,23H,3,8-12H2,1-2H3/t13-/m1/s1. The minimum absolute atomic E-state index is 0.150. The Morgan fingerprint density at radius 3 is 2.48 bits per heavy atom. The number of nitrogens with zero attached hydrogens (tertiary/aromatic N) is 4. The second kappa shape index (κ2) is 7.33. The van der Waals surface area contributed by atoms with Gasteiger partial charge in [-0.2, -0.15) is 5.10 Å². The normalized spacial score (nSPS) is 17.0. The van der Waals surface area contributed by atoms with Crippen molar-refractivity contribution in [2.45, 2.75) is 19.4 Å². The van der Waals surface area contributed by atoms with E-state index in [-0.39, 0.29) is 17.6 Å². The molecule has 0 unspecified atom stereocenters. The number of β-amino-alcohol motifs (C(OH)–C–C–N with tert-alkyl or cyclic N) is 1. The Labute approximate surface area is 146 Å². The van der Waals surface area contributed by atoms with Crippen molar-refractivity contribution in [1.29, 1.82) is 0 Å². The van der Waals surface area contributed by atoms with Crippen molar-refractivity contribution in [2.24, 2.45) is 7.05 Å². The smallest absolute Gasteiger partial charge is 0.275 e. The van der Waals surface area contributed by atoms with Crippen molar-refractivity contribution >= 4 is 16.7 Å². The average molecular weight is 344 g/mol. The van der Waals surface area contributed by atoms with Crippen molar-refractivity contribution in [3.8, 4) is 0 Å². The molecule has 2 heterocycles. The fourth-order valence-electron chi connectivity index (χ4n) is 3.17. The summed E-state index contributed by atoms with van der Waals surface area (Å²) in [5.41, 5.74) is 0.116. The number of piperazine rings is 1. The molecule has 7 nitrogen and oxygen atoms in total. The third-order valence-corrected chi connectivity index (χ3v) is 4.76. The summed E-state index contributed by atoms with van der Waals surface area (Å²) in [6, 6.07) is 7.09. The van der Waals surface area contributed by atoms with Crippen molar-refractivity contribution in [1.82, 2.24) is 19.6 Å². The third-order valence-electron chi connectivity index (χ3n) is 4.76. The van der Waals surface area contributed by atoms with E-state index in [1.165, 1.54) is 4.68 Å². The lowest BCUT2D eigenvalue weighted by atomic mass is 10.1. The van der Waals surface area contributed by atoms with Gasteiger partial charge in [-0.05, 0) is 12.5 Å². The van der Waals surface area contributed by atoms with E-state index in [0.29, 0.717) is 36.1 Å². The minimum Gasteiger partial charge on any atom is -0.392 e. The van der Waals surface area contributed by atoms with Crippen LogP contribution in [0.15, 0.2) is 29.1 Å². The van der Waals surface area contributed by atoms with Crippen LogP contribution in [-0.4, -0.2) is 69.4 Å². The van der Waals surface area contributed by atoms with Crippen LogP contribution in [0.2, 0.25) is 0 Å². The minimum atomic E-state index is -0.323. The highest BCUT2D eigenvalue weighted by atomic mass is 16.3. The number of aromatic nitrogens is 2. The molecule has 1 saturated heterocycles. The van der Waals surface area contributed by atoms with Crippen LogP contribution in [0.5, 0.6) is 0 Å². The molecule has 134 valence electrons. The lowest BCUT2D eigenvalue weighted by molar-refractivity contribution is 0.0519. The zero-order chi connectivity index (χ0) is 18.0. The van der Waals surface area contributed by atoms with Crippen molar-refractivity contribution < 1.29 is 9.90 Å². The van der Waals surface area contributed by atoms with Crippen molar-refractivity contribution in [2.75, 3.05) is 32.7 Å². The van der Waals surface area contributed by atoms with E-state index < -0.39 is 0 Å². The number of aliphatic hydroxyl groups is 1. The maximum Gasteiger partial charge on any atom is 0.275 e. The molecule has 0 bridgehead atoms. The maximum atomic E-state index is 12.9. The molecule has 0 spiro atoms. The number of aliphatic hydroxyl groups excluding tert-OH is 1. The number of benzene rings is 1. The van der Waals surface area contributed by atoms with Crippen molar-refractivity contribution in [3.05, 3.63) is 40.3 Å². The van der Waals surface area contributed by atoms with Gasteiger partial charge in [0.05, 0.1) is 11.5 Å². The van der Waals surface area contributed by atoms with Crippen LogP contribution in [0.4, 0.5) is 0 Å². The van der Waals surface area contributed by atoms with E-state index in [1.54, 1.807) is 30.1 Å². The third kappa shape index (κ3) is 3.57. The van der Waals surface area contributed by atoms with Crippen molar-refractivity contribution in [3.63, 3.8) is 0 Å². The highest BCUT2D eigenvalue weighted by molar-refractivity contribution is 6.04. The van der Waals surface area contributed by atoms with Gasteiger partial charge in [0.15, 0.2) is 5.69 Å². The van der Waals surface area contributed by atoms with Gasteiger partial charge in [0.2, 0.25) is 0 Å². The molecule has 0 radical (unpaired) electrons. The van der Waals surface area contributed by atoms with Crippen LogP contribution >= 0.6 is 0 Å². The fourth-order valence-corrected chi connectivity index (χ4v) is 3.17. The average Bonchev–Trinajstić information content (AvgIpc) is 2.64. The highest BCUT2D eigenvalue weighted by Crippen LogP contribution is 2.16. The summed E-state index contributed by atoms with van der Waals surface area (Å²) in [6.45, 7) is 5.24. The molecule has 1 atom stereocenters. The van der Waals surface area contributed by atoms with E-state index in [1.807, 2.05) is 13.0 Å². The predicted molar refractivity (Wildman–Crippen MR) is 95.6 cm³/mol. The molecule has 0 saturated carbocycles. The number of rotatable bonds is 4. The molecule has 0 aliphatic carbocycles. The summed E-state index contributed by atoms with van der Waals surface area (Å²) in [6.07, 6.45) is 0.407. The Morgan fingerprint density at radius 2 is 1.84 bits per heavy atom. The summed E-state index contributed by atoms with van der Waals surface area (Å²) in [5.74, 6) is -0.150. The molecule has 1 amide bonds. The molecule has 1 aromatic carbocycles. The number of carbonyl (C=O) groups excluding carboxylic acids is 1. The molecule has 3 rings (SSSR count). The first-order chi connectivity index (χ1) is 12.0. The first-order valence-electron chi connectivity index (χ1n) is 8.67. The molecular formula is C18H24N4O3. The molecule has 1 aliphatic heterocycles. The highest BCUT2D eigenvalue weighted by Gasteiger charge is 2.26. The molecule has 1 fully saturated rings. The van der Waals surface area contributed by atoms with Gasteiger partial charge in [-0.15, -0.1) is 0 Å². The van der Waals surface area contributed by atoms with E-state index in [0.717, 1.165) is 19.5 Å².